The quantitative estimate of drug-likeness (QED) is 0.551. The van der Waals surface area contributed by atoms with Crippen LogP contribution in [0, 0.1) is 11.8 Å². The van der Waals surface area contributed by atoms with E-state index in [-0.39, 0.29) is 36.5 Å². The van der Waals surface area contributed by atoms with E-state index in [4.69, 9.17) is 0 Å². The SMILES string of the molecule is CC(C)CN(Cc1cccn1C)C(=O)CN(CC(C)C)C(=O)Nc1ccccc1C(F)(F)F. The molecule has 0 bridgehead atoms. The van der Waals surface area contributed by atoms with Crippen molar-refractivity contribution in [1.82, 2.24) is 14.4 Å². The Morgan fingerprint density at radius 1 is 0.970 bits per heavy atom. The molecular weight excluding hydrogens is 433 g/mol. The summed E-state index contributed by atoms with van der Waals surface area (Å²) in [5, 5.41) is 2.35. The molecule has 9 heteroatoms. The standard InChI is InChI=1S/C24H33F3N4O2/c1-17(2)13-30(15-19-9-8-12-29(19)5)22(32)16-31(14-18(3)4)23(33)28-21-11-7-6-10-20(21)24(25,26)27/h6-12,17-18H,13-16H2,1-5H3,(H,28,33). The van der Waals surface area contributed by atoms with E-state index < -0.39 is 17.8 Å². The number of halogens is 3. The molecule has 2 aromatic rings. The van der Waals surface area contributed by atoms with Gasteiger partial charge in [0.1, 0.15) is 6.54 Å². The van der Waals surface area contributed by atoms with Crippen molar-refractivity contribution in [3.8, 4) is 0 Å². The summed E-state index contributed by atoms with van der Waals surface area (Å²) in [6.45, 7) is 8.64. The smallest absolute Gasteiger partial charge is 0.353 e. The maximum Gasteiger partial charge on any atom is 0.418 e. The summed E-state index contributed by atoms with van der Waals surface area (Å²) in [6.07, 6.45) is -2.71. The van der Waals surface area contributed by atoms with Crippen LogP contribution in [0.15, 0.2) is 42.6 Å². The molecule has 0 unspecified atom stereocenters. The van der Waals surface area contributed by atoms with Gasteiger partial charge in [-0.15, -0.1) is 0 Å². The summed E-state index contributed by atoms with van der Waals surface area (Å²) in [7, 11) is 1.89. The van der Waals surface area contributed by atoms with E-state index in [0.717, 1.165) is 11.8 Å². The van der Waals surface area contributed by atoms with Crippen LogP contribution in [-0.4, -0.2) is 45.9 Å². The van der Waals surface area contributed by atoms with E-state index in [1.807, 2.05) is 57.6 Å². The minimum atomic E-state index is -4.61. The van der Waals surface area contributed by atoms with Crippen LogP contribution < -0.4 is 5.32 Å². The predicted molar refractivity (Wildman–Crippen MR) is 123 cm³/mol. The van der Waals surface area contributed by atoms with Crippen molar-refractivity contribution >= 4 is 17.6 Å². The highest BCUT2D eigenvalue weighted by atomic mass is 19.4. The number of nitrogens with zero attached hydrogens (tertiary/aromatic N) is 3. The Bertz CT molecular complexity index is 938. The molecule has 0 fully saturated rings. The average Bonchev–Trinajstić information content (AvgIpc) is 3.10. The van der Waals surface area contributed by atoms with E-state index in [1.54, 1.807) is 4.90 Å². The third kappa shape index (κ3) is 7.83. The van der Waals surface area contributed by atoms with Crippen molar-refractivity contribution in [3.63, 3.8) is 0 Å². The van der Waals surface area contributed by atoms with Crippen LogP contribution in [0.25, 0.3) is 0 Å². The zero-order valence-electron chi connectivity index (χ0n) is 19.8. The summed E-state index contributed by atoms with van der Waals surface area (Å²) >= 11 is 0. The molecule has 3 amide bonds. The Kier molecular flexibility index (Phi) is 8.96. The van der Waals surface area contributed by atoms with Crippen LogP contribution in [-0.2, 0) is 24.6 Å². The highest BCUT2D eigenvalue weighted by Gasteiger charge is 2.34. The summed E-state index contributed by atoms with van der Waals surface area (Å²) in [5.41, 5.74) is -0.318. The van der Waals surface area contributed by atoms with Gasteiger partial charge >= 0.3 is 12.2 Å². The molecule has 0 saturated heterocycles. The first-order valence-electron chi connectivity index (χ1n) is 11.0. The van der Waals surface area contributed by atoms with Crippen LogP contribution in [0.3, 0.4) is 0 Å². The number of para-hydroxylation sites is 1. The minimum Gasteiger partial charge on any atom is -0.353 e. The molecule has 1 heterocycles. The number of hydrogen-bond acceptors (Lipinski definition) is 2. The average molecular weight is 467 g/mol. The third-order valence-corrected chi connectivity index (χ3v) is 5.02. The molecule has 0 aliphatic carbocycles. The number of aromatic nitrogens is 1. The summed E-state index contributed by atoms with van der Waals surface area (Å²) < 4.78 is 41.9. The normalized spacial score (nSPS) is 11.7. The second-order valence-corrected chi connectivity index (χ2v) is 9.03. The molecule has 182 valence electrons. The lowest BCUT2D eigenvalue weighted by molar-refractivity contribution is -0.137. The summed E-state index contributed by atoms with van der Waals surface area (Å²) in [6, 6.07) is 7.89. The first-order valence-corrected chi connectivity index (χ1v) is 11.0. The van der Waals surface area contributed by atoms with Gasteiger partial charge in [0.25, 0.3) is 0 Å². The zero-order chi connectivity index (χ0) is 24.8. The molecule has 0 atom stereocenters. The van der Waals surface area contributed by atoms with E-state index in [0.29, 0.717) is 13.1 Å². The Labute approximate surface area is 193 Å². The molecule has 1 aromatic heterocycles. The number of carbonyl (C=O) groups is 2. The van der Waals surface area contributed by atoms with Gasteiger partial charge in [-0.1, -0.05) is 39.8 Å². The van der Waals surface area contributed by atoms with Crippen molar-refractivity contribution in [3.05, 3.63) is 53.9 Å². The molecule has 0 saturated carbocycles. The van der Waals surface area contributed by atoms with Crippen LogP contribution in [0.4, 0.5) is 23.7 Å². The van der Waals surface area contributed by atoms with E-state index >= 15 is 0 Å². The summed E-state index contributed by atoms with van der Waals surface area (Å²) in [5.74, 6) is -0.0297. The first kappa shape index (κ1) is 26.3. The highest BCUT2D eigenvalue weighted by Crippen LogP contribution is 2.34. The Morgan fingerprint density at radius 2 is 1.58 bits per heavy atom. The van der Waals surface area contributed by atoms with Crippen LogP contribution in [0.1, 0.15) is 39.0 Å². The van der Waals surface area contributed by atoms with Crippen molar-refractivity contribution < 1.29 is 22.8 Å². The first-order chi connectivity index (χ1) is 15.4. The van der Waals surface area contributed by atoms with Crippen molar-refractivity contribution in [2.45, 2.75) is 40.4 Å². The van der Waals surface area contributed by atoms with Gasteiger partial charge in [-0.25, -0.2) is 4.79 Å². The number of benzene rings is 1. The molecule has 6 nitrogen and oxygen atoms in total. The number of hydrogen-bond donors (Lipinski definition) is 1. The number of alkyl halides is 3. The number of carbonyl (C=O) groups excluding carboxylic acids is 2. The maximum absolute atomic E-state index is 13.3. The molecule has 33 heavy (non-hydrogen) atoms. The monoisotopic (exact) mass is 466 g/mol. The molecule has 0 aliphatic heterocycles. The summed E-state index contributed by atoms with van der Waals surface area (Å²) in [4.78, 5) is 29.1. The van der Waals surface area contributed by atoms with Gasteiger partial charge in [0.15, 0.2) is 0 Å². The lowest BCUT2D eigenvalue weighted by Crippen LogP contribution is -2.46. The Hall–Kier alpha value is -2.97. The molecule has 0 spiro atoms. The molecule has 0 aliphatic rings. The fourth-order valence-corrected chi connectivity index (χ4v) is 3.51. The molecule has 0 radical (unpaired) electrons. The second-order valence-electron chi connectivity index (χ2n) is 9.03. The zero-order valence-corrected chi connectivity index (χ0v) is 19.8. The van der Waals surface area contributed by atoms with Gasteiger partial charge in [0.2, 0.25) is 5.91 Å². The largest absolute Gasteiger partial charge is 0.418 e. The Morgan fingerprint density at radius 3 is 2.12 bits per heavy atom. The van der Waals surface area contributed by atoms with Gasteiger partial charge in [-0.3, -0.25) is 4.79 Å². The number of aryl methyl sites for hydroxylation is 1. The van der Waals surface area contributed by atoms with Crippen molar-refractivity contribution in [1.29, 1.82) is 0 Å². The number of rotatable bonds is 9. The fourth-order valence-electron chi connectivity index (χ4n) is 3.51. The van der Waals surface area contributed by atoms with Crippen molar-refractivity contribution in [2.75, 3.05) is 25.0 Å². The van der Waals surface area contributed by atoms with E-state index in [1.165, 1.54) is 23.1 Å². The molecule has 1 aromatic carbocycles. The lowest BCUT2D eigenvalue weighted by atomic mass is 10.1. The van der Waals surface area contributed by atoms with Crippen LogP contribution in [0.2, 0.25) is 0 Å². The fraction of sp³-hybridized carbons (Fsp3) is 0.500. The Balaban J connectivity index is 2.22. The number of amides is 3. The van der Waals surface area contributed by atoms with Crippen LogP contribution >= 0.6 is 0 Å². The number of anilines is 1. The van der Waals surface area contributed by atoms with Gasteiger partial charge < -0.3 is 19.7 Å². The van der Waals surface area contributed by atoms with Gasteiger partial charge in [-0.2, -0.15) is 13.2 Å². The van der Waals surface area contributed by atoms with E-state index in [9.17, 15) is 22.8 Å². The molecule has 1 N–H and O–H groups in total. The van der Waals surface area contributed by atoms with E-state index in [2.05, 4.69) is 5.32 Å². The van der Waals surface area contributed by atoms with Crippen molar-refractivity contribution in [2.24, 2.45) is 18.9 Å². The lowest BCUT2D eigenvalue weighted by Gasteiger charge is -2.30. The van der Waals surface area contributed by atoms with Crippen LogP contribution in [0.5, 0.6) is 0 Å². The van der Waals surface area contributed by atoms with Gasteiger partial charge in [0.05, 0.1) is 17.8 Å². The second kappa shape index (κ2) is 11.2. The highest BCUT2D eigenvalue weighted by molar-refractivity contribution is 5.93. The van der Waals surface area contributed by atoms with Gasteiger partial charge in [0, 0.05) is 32.0 Å². The number of urea groups is 1. The molecular formula is C24H33F3N4O2. The van der Waals surface area contributed by atoms with Gasteiger partial charge in [-0.05, 0) is 36.1 Å². The third-order valence-electron chi connectivity index (χ3n) is 5.02. The predicted octanol–water partition coefficient (Wildman–Crippen LogP) is 5.22. The number of nitrogens with one attached hydrogen (secondary N) is 1. The topological polar surface area (TPSA) is 57.6 Å². The molecule has 2 rings (SSSR count). The maximum atomic E-state index is 13.3. The minimum absolute atomic E-state index is 0.0211.